The van der Waals surface area contributed by atoms with E-state index in [4.69, 9.17) is 0 Å². The number of halogens is 2. The smallest absolute Gasteiger partial charge is 0.276 e. The van der Waals surface area contributed by atoms with E-state index in [2.05, 4.69) is 15.1 Å². The van der Waals surface area contributed by atoms with Crippen LogP contribution in [-0.2, 0) is 6.54 Å². The fourth-order valence-electron chi connectivity index (χ4n) is 3.19. The van der Waals surface area contributed by atoms with Gasteiger partial charge in [0.2, 0.25) is 0 Å². The summed E-state index contributed by atoms with van der Waals surface area (Å²) < 4.78 is 29.9. The molecule has 1 amide bonds. The summed E-state index contributed by atoms with van der Waals surface area (Å²) in [5, 5.41) is 4.68. The molecule has 0 spiro atoms. The minimum absolute atomic E-state index is 0.0270. The van der Waals surface area contributed by atoms with Crippen molar-refractivity contribution in [3.8, 4) is 0 Å². The van der Waals surface area contributed by atoms with E-state index in [0.717, 1.165) is 23.1 Å². The summed E-state index contributed by atoms with van der Waals surface area (Å²) in [6, 6.07) is 9.17. The standard InChI is InChI=1S/C21H19F2N5OS/c1-12(2)28-13(3)8-17(26-28)20(29)27(11-15-6-4-5-7-24-15)21-25-19-16(23)9-14(22)10-18(19)30-21/h4-10,12H,11H2,1-3H3. The van der Waals surface area contributed by atoms with E-state index in [0.29, 0.717) is 10.4 Å². The van der Waals surface area contributed by atoms with Crippen molar-refractivity contribution in [3.05, 3.63) is 71.3 Å². The number of carbonyl (C=O) groups excluding carboxylic acids is 1. The second-order valence-corrected chi connectivity index (χ2v) is 8.16. The van der Waals surface area contributed by atoms with E-state index >= 15 is 0 Å². The molecule has 0 saturated heterocycles. The van der Waals surface area contributed by atoms with Crippen molar-refractivity contribution in [2.24, 2.45) is 0 Å². The van der Waals surface area contributed by atoms with Crippen LogP contribution in [0.2, 0.25) is 0 Å². The number of hydrogen-bond acceptors (Lipinski definition) is 5. The number of rotatable bonds is 5. The van der Waals surface area contributed by atoms with E-state index < -0.39 is 11.6 Å². The van der Waals surface area contributed by atoms with Crippen LogP contribution < -0.4 is 4.90 Å². The molecule has 3 aromatic heterocycles. The van der Waals surface area contributed by atoms with Crippen molar-refractivity contribution in [1.29, 1.82) is 0 Å². The molecule has 6 nitrogen and oxygen atoms in total. The maximum Gasteiger partial charge on any atom is 0.280 e. The van der Waals surface area contributed by atoms with Gasteiger partial charge in [0.05, 0.1) is 16.9 Å². The van der Waals surface area contributed by atoms with Gasteiger partial charge >= 0.3 is 0 Å². The molecule has 0 fully saturated rings. The second-order valence-electron chi connectivity index (χ2n) is 7.15. The molecule has 0 atom stereocenters. The van der Waals surface area contributed by atoms with Gasteiger partial charge in [-0.3, -0.25) is 19.4 Å². The fraction of sp³-hybridized carbons (Fsp3) is 0.238. The first-order valence-corrected chi connectivity index (χ1v) is 10.2. The summed E-state index contributed by atoms with van der Waals surface area (Å²) in [5.74, 6) is -1.84. The lowest BCUT2D eigenvalue weighted by atomic mass is 10.3. The Labute approximate surface area is 175 Å². The normalized spacial score (nSPS) is 11.4. The third-order valence-corrected chi connectivity index (χ3v) is 5.58. The first kappa shape index (κ1) is 20.1. The van der Waals surface area contributed by atoms with Crippen molar-refractivity contribution in [2.75, 3.05) is 4.90 Å². The molecule has 0 aliphatic carbocycles. The number of carbonyl (C=O) groups is 1. The van der Waals surface area contributed by atoms with Gasteiger partial charge in [-0.1, -0.05) is 17.4 Å². The number of nitrogens with zero attached hydrogens (tertiary/aromatic N) is 5. The summed E-state index contributed by atoms with van der Waals surface area (Å²) in [5.41, 5.74) is 1.77. The first-order chi connectivity index (χ1) is 14.3. The van der Waals surface area contributed by atoms with Crippen LogP contribution in [0.4, 0.5) is 13.9 Å². The highest BCUT2D eigenvalue weighted by molar-refractivity contribution is 7.22. The zero-order valence-electron chi connectivity index (χ0n) is 16.6. The number of pyridine rings is 1. The highest BCUT2D eigenvalue weighted by Gasteiger charge is 2.26. The van der Waals surface area contributed by atoms with Crippen molar-refractivity contribution in [3.63, 3.8) is 0 Å². The maximum atomic E-state index is 14.2. The minimum Gasteiger partial charge on any atom is -0.276 e. The van der Waals surface area contributed by atoms with Gasteiger partial charge in [0.15, 0.2) is 16.6 Å². The number of thiazole rings is 1. The SMILES string of the molecule is Cc1cc(C(=O)N(Cc2ccccn2)c2nc3c(F)cc(F)cc3s2)nn1C(C)C. The van der Waals surface area contributed by atoms with Gasteiger partial charge in [0.25, 0.3) is 5.91 Å². The molecular weight excluding hydrogens is 408 g/mol. The minimum atomic E-state index is -0.766. The molecule has 0 aliphatic rings. The van der Waals surface area contributed by atoms with E-state index in [1.165, 1.54) is 11.0 Å². The molecule has 0 radical (unpaired) electrons. The molecule has 154 valence electrons. The molecule has 0 N–H and O–H groups in total. The highest BCUT2D eigenvalue weighted by Crippen LogP contribution is 2.32. The van der Waals surface area contributed by atoms with Crippen LogP contribution in [-0.4, -0.2) is 25.7 Å². The van der Waals surface area contributed by atoms with E-state index in [1.807, 2.05) is 26.8 Å². The molecule has 4 rings (SSSR count). The van der Waals surface area contributed by atoms with E-state index in [1.54, 1.807) is 29.1 Å². The van der Waals surface area contributed by atoms with Crippen molar-refractivity contribution >= 4 is 32.6 Å². The zero-order valence-corrected chi connectivity index (χ0v) is 17.5. The van der Waals surface area contributed by atoms with Crippen molar-refractivity contribution in [1.82, 2.24) is 19.7 Å². The molecular formula is C21H19F2N5OS. The number of hydrogen-bond donors (Lipinski definition) is 0. The fourth-order valence-corrected chi connectivity index (χ4v) is 4.20. The average Bonchev–Trinajstić information content (AvgIpc) is 3.30. The van der Waals surface area contributed by atoms with Crippen LogP contribution in [0, 0.1) is 18.6 Å². The molecule has 0 saturated carbocycles. The lowest BCUT2D eigenvalue weighted by molar-refractivity contribution is 0.0979. The summed E-state index contributed by atoms with van der Waals surface area (Å²) in [7, 11) is 0. The van der Waals surface area contributed by atoms with E-state index in [-0.39, 0.29) is 34.8 Å². The van der Waals surface area contributed by atoms with Crippen LogP contribution in [0.1, 0.15) is 41.8 Å². The number of aryl methyl sites for hydroxylation is 1. The monoisotopic (exact) mass is 427 g/mol. The molecule has 1 aromatic carbocycles. The Hall–Kier alpha value is -3.20. The average molecular weight is 427 g/mol. The number of amides is 1. The van der Waals surface area contributed by atoms with Crippen LogP contribution in [0.15, 0.2) is 42.6 Å². The second kappa shape index (κ2) is 7.91. The quantitative estimate of drug-likeness (QED) is 0.454. The van der Waals surface area contributed by atoms with Crippen LogP contribution in [0.5, 0.6) is 0 Å². The van der Waals surface area contributed by atoms with Crippen molar-refractivity contribution < 1.29 is 13.6 Å². The zero-order chi connectivity index (χ0) is 21.4. The Morgan fingerprint density at radius 1 is 1.23 bits per heavy atom. The third-order valence-electron chi connectivity index (χ3n) is 4.55. The Bertz CT molecular complexity index is 1220. The van der Waals surface area contributed by atoms with Crippen molar-refractivity contribution in [2.45, 2.75) is 33.4 Å². The van der Waals surface area contributed by atoms with Gasteiger partial charge in [0.1, 0.15) is 11.3 Å². The van der Waals surface area contributed by atoms with Crippen LogP contribution in [0.3, 0.4) is 0 Å². The van der Waals surface area contributed by atoms with Gasteiger partial charge in [-0.05, 0) is 45.0 Å². The summed E-state index contributed by atoms with van der Waals surface area (Å²) >= 11 is 1.04. The van der Waals surface area contributed by atoms with Gasteiger partial charge in [-0.25, -0.2) is 13.8 Å². The molecule has 0 unspecified atom stereocenters. The van der Waals surface area contributed by atoms with Gasteiger partial charge in [0, 0.05) is 24.0 Å². The molecule has 0 bridgehead atoms. The molecule has 4 aromatic rings. The van der Waals surface area contributed by atoms with Crippen LogP contribution >= 0.6 is 11.3 Å². The molecule has 30 heavy (non-hydrogen) atoms. The summed E-state index contributed by atoms with van der Waals surface area (Å²) in [6.07, 6.45) is 1.63. The predicted octanol–water partition coefficient (Wildman–Crippen LogP) is 4.90. The van der Waals surface area contributed by atoms with Gasteiger partial charge in [-0.2, -0.15) is 5.10 Å². The molecule has 9 heteroatoms. The number of aromatic nitrogens is 4. The number of fused-ring (bicyclic) bond motifs is 1. The van der Waals surface area contributed by atoms with Crippen LogP contribution in [0.25, 0.3) is 10.2 Å². The predicted molar refractivity (Wildman–Crippen MR) is 112 cm³/mol. The lowest BCUT2D eigenvalue weighted by Gasteiger charge is -2.18. The summed E-state index contributed by atoms with van der Waals surface area (Å²) in [6.45, 7) is 5.95. The Morgan fingerprint density at radius 2 is 2.03 bits per heavy atom. The largest absolute Gasteiger partial charge is 0.280 e. The summed E-state index contributed by atoms with van der Waals surface area (Å²) in [4.78, 5) is 23.3. The lowest BCUT2D eigenvalue weighted by Crippen LogP contribution is -2.31. The topological polar surface area (TPSA) is 63.9 Å². The van der Waals surface area contributed by atoms with Gasteiger partial charge < -0.3 is 0 Å². The highest BCUT2D eigenvalue weighted by atomic mass is 32.1. The number of anilines is 1. The van der Waals surface area contributed by atoms with E-state index in [9.17, 15) is 13.6 Å². The number of benzene rings is 1. The molecule has 3 heterocycles. The van der Waals surface area contributed by atoms with Gasteiger partial charge in [-0.15, -0.1) is 0 Å². The Morgan fingerprint density at radius 3 is 2.70 bits per heavy atom. The maximum absolute atomic E-state index is 14.2. The molecule has 0 aliphatic heterocycles. The third kappa shape index (κ3) is 3.80. The Balaban J connectivity index is 1.79. The first-order valence-electron chi connectivity index (χ1n) is 9.37. The Kier molecular flexibility index (Phi) is 5.29.